The summed E-state index contributed by atoms with van der Waals surface area (Å²) in [6.45, 7) is 3.88. The fraction of sp³-hybridized carbons (Fsp3) is 0.125. The summed E-state index contributed by atoms with van der Waals surface area (Å²) in [5.74, 6) is 1.12. The van der Waals surface area contributed by atoms with Crippen LogP contribution in [0.3, 0.4) is 0 Å². The molecule has 5 rings (SSSR count). The molecule has 9 heteroatoms. The molecule has 3 aromatic carbocycles. The molecule has 5 aromatic rings. The lowest BCUT2D eigenvalue weighted by atomic mass is 10.2. The van der Waals surface area contributed by atoms with Crippen molar-refractivity contribution in [2.24, 2.45) is 0 Å². The van der Waals surface area contributed by atoms with Gasteiger partial charge in [-0.3, -0.25) is 0 Å². The largest absolute Gasteiger partial charge is 0.495 e. The van der Waals surface area contributed by atoms with Crippen molar-refractivity contribution >= 4 is 37.9 Å². The summed E-state index contributed by atoms with van der Waals surface area (Å²) in [6.07, 6.45) is 0. The highest BCUT2D eigenvalue weighted by atomic mass is 32.2. The van der Waals surface area contributed by atoms with Gasteiger partial charge in [-0.15, -0.1) is 5.10 Å². The number of nitrogens with zero attached hydrogens (tertiary/aromatic N) is 4. The van der Waals surface area contributed by atoms with Crippen LogP contribution in [0.1, 0.15) is 11.1 Å². The number of benzene rings is 3. The average molecular weight is 460 g/mol. The van der Waals surface area contributed by atoms with Crippen LogP contribution in [-0.2, 0) is 9.84 Å². The minimum atomic E-state index is -3.93. The fourth-order valence-corrected chi connectivity index (χ4v) is 4.92. The second kappa shape index (κ2) is 7.86. The van der Waals surface area contributed by atoms with Crippen molar-refractivity contribution in [3.63, 3.8) is 0 Å². The standard InChI is InChI=1S/C24H21N5O3S/c1-15-8-11-17(12-9-15)33(30,31)24-23-26-22(25-19-14-16(2)10-13-21(19)32-3)18-6-4-5-7-20(18)29(23)28-27-24/h4-14H,1-3H3,(H,25,26). The van der Waals surface area contributed by atoms with E-state index >= 15 is 0 Å². The van der Waals surface area contributed by atoms with Gasteiger partial charge in [-0.25, -0.2) is 13.4 Å². The minimum absolute atomic E-state index is 0.139. The highest BCUT2D eigenvalue weighted by Gasteiger charge is 2.27. The van der Waals surface area contributed by atoms with Crippen molar-refractivity contribution in [1.29, 1.82) is 0 Å². The first-order valence-electron chi connectivity index (χ1n) is 10.3. The summed E-state index contributed by atoms with van der Waals surface area (Å²) in [5, 5.41) is 12.0. The summed E-state index contributed by atoms with van der Waals surface area (Å²) >= 11 is 0. The van der Waals surface area contributed by atoms with E-state index < -0.39 is 9.84 Å². The molecule has 0 atom stereocenters. The molecule has 2 heterocycles. The number of methoxy groups -OCH3 is 1. The van der Waals surface area contributed by atoms with E-state index in [0.29, 0.717) is 17.1 Å². The molecule has 0 aliphatic rings. The number of sulfone groups is 1. The van der Waals surface area contributed by atoms with Crippen LogP contribution in [-0.4, -0.2) is 35.3 Å². The highest BCUT2D eigenvalue weighted by molar-refractivity contribution is 7.91. The Balaban J connectivity index is 1.74. The number of ether oxygens (including phenoxy) is 1. The van der Waals surface area contributed by atoms with E-state index in [9.17, 15) is 8.42 Å². The maximum absolute atomic E-state index is 13.4. The van der Waals surface area contributed by atoms with E-state index in [1.165, 1.54) is 4.52 Å². The summed E-state index contributed by atoms with van der Waals surface area (Å²) in [4.78, 5) is 4.80. The zero-order chi connectivity index (χ0) is 23.2. The average Bonchev–Trinajstić information content (AvgIpc) is 3.25. The van der Waals surface area contributed by atoms with Gasteiger partial charge in [-0.2, -0.15) is 4.52 Å². The smallest absolute Gasteiger partial charge is 0.229 e. The molecular formula is C24H21N5O3S. The van der Waals surface area contributed by atoms with Crippen LogP contribution >= 0.6 is 0 Å². The maximum atomic E-state index is 13.4. The highest BCUT2D eigenvalue weighted by Crippen LogP contribution is 2.33. The van der Waals surface area contributed by atoms with E-state index in [1.807, 2.05) is 56.3 Å². The Morgan fingerprint density at radius 1 is 0.939 bits per heavy atom. The first-order valence-corrected chi connectivity index (χ1v) is 11.7. The third-order valence-corrected chi connectivity index (χ3v) is 7.08. The number of hydrogen-bond donors (Lipinski definition) is 1. The van der Waals surface area contributed by atoms with Crippen LogP contribution in [0, 0.1) is 13.8 Å². The Hall–Kier alpha value is -3.98. The number of anilines is 2. The topological polar surface area (TPSA) is 98.5 Å². The van der Waals surface area contributed by atoms with Gasteiger partial charge in [0.15, 0.2) is 5.65 Å². The van der Waals surface area contributed by atoms with Gasteiger partial charge in [0.25, 0.3) is 0 Å². The van der Waals surface area contributed by atoms with E-state index in [-0.39, 0.29) is 15.6 Å². The Bertz CT molecular complexity index is 1610. The lowest BCUT2D eigenvalue weighted by Gasteiger charge is -2.14. The summed E-state index contributed by atoms with van der Waals surface area (Å²) in [7, 11) is -2.33. The zero-order valence-electron chi connectivity index (χ0n) is 18.3. The number of para-hydroxylation sites is 1. The molecule has 0 spiro atoms. The molecule has 0 saturated heterocycles. The molecule has 0 amide bonds. The van der Waals surface area contributed by atoms with Crippen molar-refractivity contribution in [1.82, 2.24) is 19.8 Å². The molecule has 1 N–H and O–H groups in total. The van der Waals surface area contributed by atoms with Crippen LogP contribution in [0.25, 0.3) is 16.6 Å². The molecule has 0 aliphatic carbocycles. The fourth-order valence-electron chi connectivity index (χ4n) is 3.69. The van der Waals surface area contributed by atoms with Gasteiger partial charge >= 0.3 is 0 Å². The van der Waals surface area contributed by atoms with Gasteiger partial charge in [0.05, 0.1) is 23.2 Å². The number of nitrogens with one attached hydrogen (secondary N) is 1. The number of fused-ring (bicyclic) bond motifs is 3. The zero-order valence-corrected chi connectivity index (χ0v) is 19.1. The first-order chi connectivity index (χ1) is 15.9. The normalized spacial score (nSPS) is 11.7. The van der Waals surface area contributed by atoms with Gasteiger partial charge in [-0.1, -0.05) is 41.1 Å². The maximum Gasteiger partial charge on any atom is 0.229 e. The molecule has 0 unspecified atom stereocenters. The van der Waals surface area contributed by atoms with E-state index in [2.05, 4.69) is 20.6 Å². The van der Waals surface area contributed by atoms with Crippen LogP contribution < -0.4 is 10.1 Å². The second-order valence-electron chi connectivity index (χ2n) is 7.75. The molecule has 0 fully saturated rings. The Kier molecular flexibility index (Phi) is 4.98. The van der Waals surface area contributed by atoms with Gasteiger partial charge in [0.1, 0.15) is 11.6 Å². The molecule has 2 aromatic heterocycles. The Morgan fingerprint density at radius 3 is 2.42 bits per heavy atom. The molecule has 0 aliphatic heterocycles. The lowest BCUT2D eigenvalue weighted by Crippen LogP contribution is -2.06. The first kappa shape index (κ1) is 20.9. The molecule has 0 saturated carbocycles. The van der Waals surface area contributed by atoms with Crippen molar-refractivity contribution < 1.29 is 13.2 Å². The van der Waals surface area contributed by atoms with Gasteiger partial charge in [0.2, 0.25) is 14.9 Å². The number of aromatic nitrogens is 4. The molecular weight excluding hydrogens is 438 g/mol. The van der Waals surface area contributed by atoms with Crippen molar-refractivity contribution in [3.8, 4) is 5.75 Å². The van der Waals surface area contributed by atoms with Crippen LogP contribution in [0.4, 0.5) is 11.5 Å². The summed E-state index contributed by atoms with van der Waals surface area (Å²) in [6, 6.07) is 19.9. The van der Waals surface area contributed by atoms with Crippen LogP contribution in [0.5, 0.6) is 5.75 Å². The van der Waals surface area contributed by atoms with Crippen LogP contribution in [0.2, 0.25) is 0 Å². The third-order valence-electron chi connectivity index (χ3n) is 5.42. The van der Waals surface area contributed by atoms with Crippen molar-refractivity contribution in [3.05, 3.63) is 77.9 Å². The number of rotatable bonds is 5. The number of hydrogen-bond acceptors (Lipinski definition) is 7. The van der Waals surface area contributed by atoms with E-state index in [1.54, 1.807) is 31.4 Å². The van der Waals surface area contributed by atoms with Crippen molar-refractivity contribution in [2.45, 2.75) is 23.8 Å². The van der Waals surface area contributed by atoms with E-state index in [4.69, 9.17) is 4.74 Å². The quantitative estimate of drug-likeness (QED) is 0.414. The monoisotopic (exact) mass is 459 g/mol. The molecule has 8 nitrogen and oxygen atoms in total. The second-order valence-corrected chi connectivity index (χ2v) is 9.62. The Morgan fingerprint density at radius 2 is 1.67 bits per heavy atom. The Labute approximate surface area is 190 Å². The minimum Gasteiger partial charge on any atom is -0.495 e. The SMILES string of the molecule is COc1ccc(C)cc1Nc1nc2c(S(=O)(=O)c3ccc(C)cc3)nnn2c2ccccc12. The van der Waals surface area contributed by atoms with Gasteiger partial charge in [-0.05, 0) is 55.8 Å². The molecule has 33 heavy (non-hydrogen) atoms. The lowest BCUT2D eigenvalue weighted by molar-refractivity contribution is 0.416. The molecule has 166 valence electrons. The van der Waals surface area contributed by atoms with Crippen molar-refractivity contribution in [2.75, 3.05) is 12.4 Å². The third kappa shape index (κ3) is 3.56. The molecule has 0 radical (unpaired) electrons. The number of aryl methyl sites for hydroxylation is 2. The van der Waals surface area contributed by atoms with Gasteiger partial charge in [0, 0.05) is 5.39 Å². The summed E-state index contributed by atoms with van der Waals surface area (Å²) in [5.41, 5.74) is 3.54. The van der Waals surface area contributed by atoms with E-state index in [0.717, 1.165) is 22.2 Å². The molecule has 0 bridgehead atoms. The predicted molar refractivity (Wildman–Crippen MR) is 126 cm³/mol. The van der Waals surface area contributed by atoms with Crippen LogP contribution in [0.15, 0.2) is 76.7 Å². The van der Waals surface area contributed by atoms with Gasteiger partial charge < -0.3 is 10.1 Å². The predicted octanol–water partition coefficient (Wildman–Crippen LogP) is 4.48. The summed E-state index contributed by atoms with van der Waals surface area (Å²) < 4.78 is 33.7.